The Morgan fingerprint density at radius 2 is 2.04 bits per heavy atom. The van der Waals surface area contributed by atoms with Crippen LogP contribution in [0.15, 0.2) is 18.5 Å². The molecule has 3 rings (SSSR count). The van der Waals surface area contributed by atoms with E-state index in [1.54, 1.807) is 4.57 Å². The minimum absolute atomic E-state index is 0.163. The van der Waals surface area contributed by atoms with Crippen LogP contribution in [0.5, 0.6) is 0 Å². The number of aromatic nitrogens is 4. The molecule has 1 amide bonds. The van der Waals surface area contributed by atoms with E-state index in [0.29, 0.717) is 23.4 Å². The molecule has 1 unspecified atom stereocenters. The minimum atomic E-state index is -0.937. The Hall–Kier alpha value is -2.77. The number of hydrogen-bond donors (Lipinski definition) is 2. The SMILES string of the molecule is Cc1nc(C(C)NC(=O)CCn2cnc3cc(F)c(F)cc32)[nH]c1C. The largest absolute Gasteiger partial charge is 0.346 e. The van der Waals surface area contributed by atoms with E-state index in [-0.39, 0.29) is 18.4 Å². The fourth-order valence-electron chi connectivity index (χ4n) is 2.62. The Morgan fingerprint density at radius 3 is 2.72 bits per heavy atom. The Bertz CT molecular complexity index is 911. The zero-order valence-electron chi connectivity index (χ0n) is 14.2. The first kappa shape index (κ1) is 17.1. The van der Waals surface area contributed by atoms with Gasteiger partial charge in [-0.25, -0.2) is 18.7 Å². The van der Waals surface area contributed by atoms with Crippen molar-refractivity contribution in [3.63, 3.8) is 0 Å². The van der Waals surface area contributed by atoms with Crippen molar-refractivity contribution in [2.75, 3.05) is 0 Å². The predicted octanol–water partition coefficient (Wildman–Crippen LogP) is 2.92. The summed E-state index contributed by atoms with van der Waals surface area (Å²) in [4.78, 5) is 23.7. The molecule has 0 spiro atoms. The second-order valence-corrected chi connectivity index (χ2v) is 6.06. The van der Waals surface area contributed by atoms with Gasteiger partial charge in [-0.3, -0.25) is 4.79 Å². The molecule has 0 radical (unpaired) electrons. The molecule has 0 aliphatic rings. The standard InChI is InChI=1S/C17H19F2N5O/c1-9-10(2)23-17(22-9)11(3)21-16(25)4-5-24-8-20-14-6-12(18)13(19)7-15(14)24/h6-8,11H,4-5H2,1-3H3,(H,21,25)(H,22,23). The van der Waals surface area contributed by atoms with Crippen molar-refractivity contribution in [1.29, 1.82) is 0 Å². The van der Waals surface area contributed by atoms with Crippen LogP contribution >= 0.6 is 0 Å². The lowest BCUT2D eigenvalue weighted by Crippen LogP contribution is -2.28. The average molecular weight is 347 g/mol. The maximum absolute atomic E-state index is 13.4. The van der Waals surface area contributed by atoms with E-state index < -0.39 is 11.6 Å². The van der Waals surface area contributed by atoms with Gasteiger partial charge in [0.2, 0.25) is 5.91 Å². The fraction of sp³-hybridized carbons (Fsp3) is 0.353. The number of halogens is 2. The maximum atomic E-state index is 13.4. The number of rotatable bonds is 5. The smallest absolute Gasteiger partial charge is 0.222 e. The van der Waals surface area contributed by atoms with Gasteiger partial charge in [-0.2, -0.15) is 0 Å². The Kier molecular flexibility index (Phi) is 4.52. The van der Waals surface area contributed by atoms with Crippen LogP contribution in [0, 0.1) is 25.5 Å². The fourth-order valence-corrected chi connectivity index (χ4v) is 2.62. The second-order valence-electron chi connectivity index (χ2n) is 6.06. The first-order chi connectivity index (χ1) is 11.8. The van der Waals surface area contributed by atoms with Gasteiger partial charge in [0.1, 0.15) is 5.82 Å². The summed E-state index contributed by atoms with van der Waals surface area (Å²) in [7, 11) is 0. The first-order valence-corrected chi connectivity index (χ1v) is 7.97. The number of nitrogens with zero attached hydrogens (tertiary/aromatic N) is 3. The monoisotopic (exact) mass is 347 g/mol. The van der Waals surface area contributed by atoms with Gasteiger partial charge < -0.3 is 14.9 Å². The number of aromatic amines is 1. The highest BCUT2D eigenvalue weighted by Crippen LogP contribution is 2.18. The van der Waals surface area contributed by atoms with Crippen LogP contribution in [0.3, 0.4) is 0 Å². The maximum Gasteiger partial charge on any atom is 0.222 e. The van der Waals surface area contributed by atoms with Crippen LogP contribution in [-0.4, -0.2) is 25.4 Å². The molecule has 2 N–H and O–H groups in total. The molecule has 0 aliphatic heterocycles. The van der Waals surface area contributed by atoms with E-state index in [2.05, 4.69) is 20.3 Å². The van der Waals surface area contributed by atoms with Crippen LogP contribution < -0.4 is 5.32 Å². The Balaban J connectivity index is 1.63. The molecule has 8 heteroatoms. The summed E-state index contributed by atoms with van der Waals surface area (Å²) < 4.78 is 28.2. The summed E-state index contributed by atoms with van der Waals surface area (Å²) in [6.45, 7) is 5.99. The molecule has 3 aromatic rings. The lowest BCUT2D eigenvalue weighted by Gasteiger charge is -2.12. The Morgan fingerprint density at radius 1 is 1.32 bits per heavy atom. The second kappa shape index (κ2) is 6.62. The van der Waals surface area contributed by atoms with Gasteiger partial charge in [0.15, 0.2) is 11.6 Å². The number of carbonyl (C=O) groups excluding carboxylic acids is 1. The number of aryl methyl sites for hydroxylation is 3. The van der Waals surface area contributed by atoms with Crippen LogP contribution in [0.1, 0.15) is 36.6 Å². The van der Waals surface area contributed by atoms with E-state index in [1.165, 1.54) is 6.33 Å². The van der Waals surface area contributed by atoms with Crippen molar-refractivity contribution in [2.45, 2.75) is 39.8 Å². The quantitative estimate of drug-likeness (QED) is 0.745. The summed E-state index contributed by atoms with van der Waals surface area (Å²) in [5.74, 6) is -1.33. The molecule has 0 bridgehead atoms. The lowest BCUT2D eigenvalue weighted by atomic mass is 10.2. The van der Waals surface area contributed by atoms with Crippen molar-refractivity contribution in [2.24, 2.45) is 0 Å². The van der Waals surface area contributed by atoms with Gasteiger partial charge in [0, 0.05) is 30.8 Å². The third-order valence-corrected chi connectivity index (χ3v) is 4.18. The summed E-state index contributed by atoms with van der Waals surface area (Å²) in [6, 6.07) is 1.89. The van der Waals surface area contributed by atoms with Gasteiger partial charge in [-0.05, 0) is 20.8 Å². The number of carbonyl (C=O) groups is 1. The molecule has 2 aromatic heterocycles. The van der Waals surface area contributed by atoms with E-state index in [4.69, 9.17) is 0 Å². The zero-order chi connectivity index (χ0) is 18.1. The molecule has 25 heavy (non-hydrogen) atoms. The number of hydrogen-bond acceptors (Lipinski definition) is 3. The molecule has 6 nitrogen and oxygen atoms in total. The van der Waals surface area contributed by atoms with Crippen molar-refractivity contribution in [1.82, 2.24) is 24.8 Å². The number of imidazole rings is 2. The number of nitrogens with one attached hydrogen (secondary N) is 2. The van der Waals surface area contributed by atoms with Gasteiger partial charge in [0.05, 0.1) is 29.1 Å². The molecule has 2 heterocycles. The molecule has 0 saturated carbocycles. The first-order valence-electron chi connectivity index (χ1n) is 7.97. The third kappa shape index (κ3) is 3.52. The highest BCUT2D eigenvalue weighted by Gasteiger charge is 2.15. The Labute approximate surface area is 143 Å². The highest BCUT2D eigenvalue weighted by molar-refractivity contribution is 5.77. The van der Waals surface area contributed by atoms with Crippen molar-refractivity contribution < 1.29 is 13.6 Å². The van der Waals surface area contributed by atoms with Crippen LogP contribution in [-0.2, 0) is 11.3 Å². The van der Waals surface area contributed by atoms with Gasteiger partial charge in [-0.15, -0.1) is 0 Å². The molecular formula is C17H19F2N5O. The van der Waals surface area contributed by atoms with Gasteiger partial charge >= 0.3 is 0 Å². The lowest BCUT2D eigenvalue weighted by molar-refractivity contribution is -0.122. The molecule has 1 aromatic carbocycles. The molecular weight excluding hydrogens is 328 g/mol. The molecule has 0 saturated heterocycles. The molecule has 0 fully saturated rings. The molecule has 132 valence electrons. The number of benzene rings is 1. The summed E-state index contributed by atoms with van der Waals surface area (Å²) in [6.07, 6.45) is 1.66. The number of H-pyrrole nitrogens is 1. The van der Waals surface area contributed by atoms with E-state index in [1.807, 2.05) is 20.8 Å². The number of fused-ring (bicyclic) bond motifs is 1. The van der Waals surface area contributed by atoms with Crippen molar-refractivity contribution >= 4 is 16.9 Å². The van der Waals surface area contributed by atoms with Crippen LogP contribution in [0.25, 0.3) is 11.0 Å². The van der Waals surface area contributed by atoms with E-state index in [9.17, 15) is 13.6 Å². The third-order valence-electron chi connectivity index (χ3n) is 4.18. The topological polar surface area (TPSA) is 75.6 Å². The van der Waals surface area contributed by atoms with Crippen LogP contribution in [0.4, 0.5) is 8.78 Å². The van der Waals surface area contributed by atoms with Gasteiger partial charge in [-0.1, -0.05) is 0 Å². The minimum Gasteiger partial charge on any atom is -0.346 e. The summed E-state index contributed by atoms with van der Waals surface area (Å²) in [5, 5.41) is 2.87. The zero-order valence-corrected chi connectivity index (χ0v) is 14.2. The van der Waals surface area contributed by atoms with Gasteiger partial charge in [0.25, 0.3) is 0 Å². The summed E-state index contributed by atoms with van der Waals surface area (Å²) >= 11 is 0. The van der Waals surface area contributed by atoms with Crippen molar-refractivity contribution in [3.8, 4) is 0 Å². The predicted molar refractivity (Wildman–Crippen MR) is 88.9 cm³/mol. The van der Waals surface area contributed by atoms with Crippen molar-refractivity contribution in [3.05, 3.63) is 47.3 Å². The normalized spacial score (nSPS) is 12.5. The molecule has 0 aliphatic carbocycles. The average Bonchev–Trinajstić information content (AvgIpc) is 3.09. The summed E-state index contributed by atoms with van der Waals surface area (Å²) in [5.41, 5.74) is 2.68. The highest BCUT2D eigenvalue weighted by atomic mass is 19.2. The number of amides is 1. The van der Waals surface area contributed by atoms with E-state index in [0.717, 1.165) is 23.5 Å². The molecule has 1 atom stereocenters. The van der Waals surface area contributed by atoms with E-state index >= 15 is 0 Å². The van der Waals surface area contributed by atoms with Crippen LogP contribution in [0.2, 0.25) is 0 Å².